The van der Waals surface area contributed by atoms with Gasteiger partial charge in [-0.15, -0.1) is 0 Å². The molecule has 0 saturated carbocycles. The van der Waals surface area contributed by atoms with Gasteiger partial charge in [-0.1, -0.05) is 48.5 Å². The van der Waals surface area contributed by atoms with Gasteiger partial charge in [0, 0.05) is 25.0 Å². The van der Waals surface area contributed by atoms with Gasteiger partial charge in [-0.05, 0) is 43.9 Å². The van der Waals surface area contributed by atoms with Crippen LogP contribution >= 0.6 is 0 Å². The van der Waals surface area contributed by atoms with Gasteiger partial charge in [0.05, 0.1) is 11.7 Å². The van der Waals surface area contributed by atoms with Crippen LogP contribution in [0.1, 0.15) is 30.9 Å². The van der Waals surface area contributed by atoms with Crippen LogP contribution in [0.3, 0.4) is 0 Å². The molecule has 0 aliphatic rings. The number of hydrogen-bond acceptors (Lipinski definition) is 4. The standard InChI is InChI=1S/C23H30N4O2/c1-17-10-7-8-13-20(17)27-21(26-16-28)14-9-15-25-18(2)22(23(29)24-3)19-11-5-4-6-12-19/h4-8,10-13,16,21,25,27H,9,14-15H2,1-3H3,(H,24,29)(H,26,28). The molecule has 0 heterocycles. The third kappa shape index (κ3) is 6.68. The first-order valence-corrected chi connectivity index (χ1v) is 9.81. The Hall–Kier alpha value is -3.28. The largest absolute Gasteiger partial charge is 0.388 e. The Morgan fingerprint density at radius 1 is 1.07 bits per heavy atom. The van der Waals surface area contributed by atoms with E-state index in [0.29, 0.717) is 18.5 Å². The molecule has 2 aromatic rings. The number of carbonyl (C=O) groups excluding carboxylic acids is 2. The van der Waals surface area contributed by atoms with E-state index in [1.54, 1.807) is 7.05 Å². The number of nitrogens with one attached hydrogen (secondary N) is 4. The first-order chi connectivity index (χ1) is 14.1. The van der Waals surface area contributed by atoms with Crippen molar-refractivity contribution in [3.05, 3.63) is 71.4 Å². The van der Waals surface area contributed by atoms with Crippen LogP contribution in [0, 0.1) is 6.92 Å². The number of para-hydroxylation sites is 1. The summed E-state index contributed by atoms with van der Waals surface area (Å²) in [6.45, 7) is 4.62. The summed E-state index contributed by atoms with van der Waals surface area (Å²) in [6.07, 6.45) is 2.12. The third-order valence-corrected chi connectivity index (χ3v) is 4.70. The van der Waals surface area contributed by atoms with E-state index in [4.69, 9.17) is 0 Å². The number of allylic oxidation sites excluding steroid dienone is 1. The zero-order valence-corrected chi connectivity index (χ0v) is 17.3. The molecule has 0 aliphatic heterocycles. The van der Waals surface area contributed by atoms with E-state index in [0.717, 1.165) is 35.4 Å². The fourth-order valence-corrected chi connectivity index (χ4v) is 3.12. The number of aryl methyl sites for hydroxylation is 1. The van der Waals surface area contributed by atoms with Crippen LogP contribution in [-0.4, -0.2) is 32.1 Å². The molecule has 154 valence electrons. The van der Waals surface area contributed by atoms with E-state index in [1.165, 1.54) is 0 Å². The summed E-state index contributed by atoms with van der Waals surface area (Å²) in [5.74, 6) is -0.122. The van der Waals surface area contributed by atoms with Crippen LogP contribution < -0.4 is 21.3 Å². The Morgan fingerprint density at radius 3 is 2.41 bits per heavy atom. The monoisotopic (exact) mass is 394 g/mol. The average Bonchev–Trinajstić information content (AvgIpc) is 2.73. The fraction of sp³-hybridized carbons (Fsp3) is 0.304. The van der Waals surface area contributed by atoms with Crippen LogP contribution in [0.25, 0.3) is 5.57 Å². The second-order valence-electron chi connectivity index (χ2n) is 6.81. The third-order valence-electron chi connectivity index (χ3n) is 4.70. The highest BCUT2D eigenvalue weighted by atomic mass is 16.1. The molecule has 0 saturated heterocycles. The molecule has 2 aromatic carbocycles. The van der Waals surface area contributed by atoms with E-state index in [9.17, 15) is 9.59 Å². The van der Waals surface area contributed by atoms with E-state index >= 15 is 0 Å². The van der Waals surface area contributed by atoms with Gasteiger partial charge >= 0.3 is 0 Å². The van der Waals surface area contributed by atoms with Gasteiger partial charge in [0.15, 0.2) is 0 Å². The Labute approximate surface area is 172 Å². The number of benzene rings is 2. The molecule has 1 unspecified atom stereocenters. The minimum absolute atomic E-state index is 0.122. The molecule has 4 N–H and O–H groups in total. The summed E-state index contributed by atoms with van der Waals surface area (Å²) in [5.41, 5.74) is 4.46. The number of likely N-dealkylation sites (N-methyl/N-ethyl adjacent to an activating group) is 1. The molecule has 2 amide bonds. The minimum Gasteiger partial charge on any atom is -0.388 e. The summed E-state index contributed by atoms with van der Waals surface area (Å²) in [5, 5.41) is 12.2. The number of rotatable bonds is 11. The number of anilines is 1. The van der Waals surface area contributed by atoms with Crippen molar-refractivity contribution in [2.45, 2.75) is 32.9 Å². The quantitative estimate of drug-likeness (QED) is 0.204. The lowest BCUT2D eigenvalue weighted by Crippen LogP contribution is -2.36. The Morgan fingerprint density at radius 2 is 1.76 bits per heavy atom. The number of amides is 2. The second kappa shape index (κ2) is 11.5. The zero-order valence-electron chi connectivity index (χ0n) is 17.3. The van der Waals surface area contributed by atoms with Crippen LogP contribution in [0.5, 0.6) is 0 Å². The van der Waals surface area contributed by atoms with E-state index < -0.39 is 0 Å². The van der Waals surface area contributed by atoms with Crippen LogP contribution in [0.15, 0.2) is 60.3 Å². The van der Waals surface area contributed by atoms with Crippen LogP contribution in [0.4, 0.5) is 5.69 Å². The lowest BCUT2D eigenvalue weighted by molar-refractivity contribution is -0.115. The van der Waals surface area contributed by atoms with Crippen LogP contribution in [-0.2, 0) is 9.59 Å². The normalized spacial score (nSPS) is 12.4. The fourth-order valence-electron chi connectivity index (χ4n) is 3.12. The maximum Gasteiger partial charge on any atom is 0.253 e. The van der Waals surface area contributed by atoms with Crippen molar-refractivity contribution in [2.75, 3.05) is 18.9 Å². The Kier molecular flexibility index (Phi) is 8.76. The highest BCUT2D eigenvalue weighted by Crippen LogP contribution is 2.18. The van der Waals surface area contributed by atoms with Crippen molar-refractivity contribution in [3.8, 4) is 0 Å². The molecule has 0 aromatic heterocycles. The lowest BCUT2D eigenvalue weighted by atomic mass is 10.0. The predicted octanol–water partition coefficient (Wildman–Crippen LogP) is 3.03. The highest BCUT2D eigenvalue weighted by Gasteiger charge is 2.14. The van der Waals surface area contributed by atoms with E-state index in [2.05, 4.69) is 21.3 Å². The van der Waals surface area contributed by atoms with Gasteiger partial charge in [0.2, 0.25) is 6.41 Å². The number of carbonyl (C=O) groups is 2. The van der Waals surface area contributed by atoms with Crippen molar-refractivity contribution in [2.24, 2.45) is 0 Å². The molecule has 0 aliphatic carbocycles. The molecule has 6 heteroatoms. The summed E-state index contributed by atoms with van der Waals surface area (Å²) >= 11 is 0. The van der Waals surface area contributed by atoms with Gasteiger partial charge in [0.1, 0.15) is 0 Å². The molecular weight excluding hydrogens is 364 g/mol. The molecule has 0 radical (unpaired) electrons. The smallest absolute Gasteiger partial charge is 0.253 e. The molecule has 2 rings (SSSR count). The van der Waals surface area contributed by atoms with Crippen molar-refractivity contribution in [1.29, 1.82) is 0 Å². The molecule has 0 bridgehead atoms. The van der Waals surface area contributed by atoms with Gasteiger partial charge in [0.25, 0.3) is 5.91 Å². The van der Waals surface area contributed by atoms with Gasteiger partial charge in [-0.2, -0.15) is 0 Å². The summed E-state index contributed by atoms with van der Waals surface area (Å²) < 4.78 is 0. The van der Waals surface area contributed by atoms with Gasteiger partial charge < -0.3 is 21.3 Å². The van der Waals surface area contributed by atoms with Gasteiger partial charge in [-0.25, -0.2) is 0 Å². The summed E-state index contributed by atoms with van der Waals surface area (Å²) in [7, 11) is 1.63. The summed E-state index contributed by atoms with van der Waals surface area (Å²) in [4.78, 5) is 23.3. The molecular formula is C23H30N4O2. The van der Waals surface area contributed by atoms with Crippen molar-refractivity contribution < 1.29 is 9.59 Å². The van der Waals surface area contributed by atoms with E-state index in [-0.39, 0.29) is 12.1 Å². The summed E-state index contributed by atoms with van der Waals surface area (Å²) in [6, 6.07) is 17.6. The SMILES string of the molecule is CNC(=O)C(=C(C)NCCCC(NC=O)Nc1ccccc1C)c1ccccc1. The predicted molar refractivity (Wildman–Crippen MR) is 118 cm³/mol. The van der Waals surface area contributed by atoms with Crippen molar-refractivity contribution in [3.63, 3.8) is 0 Å². The molecule has 29 heavy (non-hydrogen) atoms. The minimum atomic E-state index is -0.160. The molecule has 0 spiro atoms. The highest BCUT2D eigenvalue weighted by molar-refractivity contribution is 6.20. The molecule has 0 fully saturated rings. The van der Waals surface area contributed by atoms with Gasteiger partial charge in [-0.3, -0.25) is 9.59 Å². The van der Waals surface area contributed by atoms with Crippen molar-refractivity contribution >= 4 is 23.6 Å². The topological polar surface area (TPSA) is 82.3 Å². The van der Waals surface area contributed by atoms with Crippen molar-refractivity contribution in [1.82, 2.24) is 16.0 Å². The number of hydrogen-bond donors (Lipinski definition) is 4. The maximum atomic E-state index is 12.3. The Balaban J connectivity index is 1.96. The first-order valence-electron chi connectivity index (χ1n) is 9.81. The van der Waals surface area contributed by atoms with Crippen LogP contribution in [0.2, 0.25) is 0 Å². The molecule has 6 nitrogen and oxygen atoms in total. The zero-order chi connectivity index (χ0) is 21.1. The Bertz CT molecular complexity index is 834. The average molecular weight is 395 g/mol. The molecule has 1 atom stereocenters. The lowest BCUT2D eigenvalue weighted by Gasteiger charge is -2.21. The second-order valence-corrected chi connectivity index (χ2v) is 6.81. The van der Waals surface area contributed by atoms with E-state index in [1.807, 2.05) is 68.4 Å². The first kappa shape index (κ1) is 22.0. The maximum absolute atomic E-state index is 12.3.